The van der Waals surface area contributed by atoms with Gasteiger partial charge in [-0.05, 0) is 18.2 Å². The molecule has 1 aromatic carbocycles. The van der Waals surface area contributed by atoms with Crippen LogP contribution in [0.2, 0.25) is 5.02 Å². The van der Waals surface area contributed by atoms with Gasteiger partial charge >= 0.3 is 6.18 Å². The second kappa shape index (κ2) is 6.53. The molecule has 0 aliphatic heterocycles. The van der Waals surface area contributed by atoms with E-state index in [1.165, 1.54) is 19.4 Å². The third-order valence-corrected chi connectivity index (χ3v) is 5.02. The van der Waals surface area contributed by atoms with Crippen LogP contribution in [0.15, 0.2) is 36.5 Å². The molecule has 130 valence electrons. The molecule has 3 rings (SSSR count). The zero-order chi connectivity index (χ0) is 18.2. The number of methoxy groups -OCH3 is 1. The van der Waals surface area contributed by atoms with Crippen LogP contribution in [0.4, 0.5) is 18.9 Å². The summed E-state index contributed by atoms with van der Waals surface area (Å²) in [4.78, 5) is 16.5. The standard InChI is InChI=1S/C16H10ClF3N2O2S/c1-24-12-5-3-9(7-21-12)22-15(23)14-13(17)10-4-2-8(16(18,19)20)6-11(10)25-14/h2-7H,1H3,(H,22,23). The number of fused-ring (bicyclic) bond motifs is 1. The van der Waals surface area contributed by atoms with E-state index in [0.29, 0.717) is 17.0 Å². The lowest BCUT2D eigenvalue weighted by molar-refractivity contribution is -0.137. The zero-order valence-electron chi connectivity index (χ0n) is 12.6. The topological polar surface area (TPSA) is 51.2 Å². The Morgan fingerprint density at radius 1 is 1.28 bits per heavy atom. The van der Waals surface area contributed by atoms with Crippen molar-refractivity contribution >= 4 is 44.6 Å². The highest BCUT2D eigenvalue weighted by molar-refractivity contribution is 7.21. The molecular weight excluding hydrogens is 377 g/mol. The SMILES string of the molecule is COc1ccc(NC(=O)c2sc3cc(C(F)(F)F)ccc3c2Cl)cn1. The number of halogens is 4. The first-order valence-corrected chi connectivity index (χ1v) is 8.09. The van der Waals surface area contributed by atoms with E-state index in [9.17, 15) is 18.0 Å². The number of ether oxygens (including phenoxy) is 1. The van der Waals surface area contributed by atoms with Gasteiger partial charge in [0, 0.05) is 16.2 Å². The summed E-state index contributed by atoms with van der Waals surface area (Å²) >= 11 is 7.07. The van der Waals surface area contributed by atoms with E-state index in [4.69, 9.17) is 16.3 Å². The van der Waals surface area contributed by atoms with Crippen molar-refractivity contribution in [2.24, 2.45) is 0 Å². The van der Waals surface area contributed by atoms with Crippen LogP contribution in [0.3, 0.4) is 0 Å². The minimum Gasteiger partial charge on any atom is -0.481 e. The van der Waals surface area contributed by atoms with Gasteiger partial charge in [0.15, 0.2) is 0 Å². The molecule has 0 saturated heterocycles. The fourth-order valence-electron chi connectivity index (χ4n) is 2.15. The van der Waals surface area contributed by atoms with E-state index in [-0.39, 0.29) is 14.6 Å². The Hall–Kier alpha value is -2.32. The summed E-state index contributed by atoms with van der Waals surface area (Å²) in [6.45, 7) is 0. The van der Waals surface area contributed by atoms with Gasteiger partial charge in [-0.3, -0.25) is 4.79 Å². The molecule has 0 bridgehead atoms. The second-order valence-corrected chi connectivity index (χ2v) is 6.43. The van der Waals surface area contributed by atoms with Crippen molar-refractivity contribution in [1.82, 2.24) is 4.98 Å². The van der Waals surface area contributed by atoms with Crippen molar-refractivity contribution < 1.29 is 22.7 Å². The van der Waals surface area contributed by atoms with Gasteiger partial charge in [-0.25, -0.2) is 4.98 Å². The van der Waals surface area contributed by atoms with Crippen molar-refractivity contribution in [3.8, 4) is 5.88 Å². The molecule has 1 N–H and O–H groups in total. The molecule has 3 aromatic rings. The Kier molecular flexibility index (Phi) is 4.57. The van der Waals surface area contributed by atoms with Crippen molar-refractivity contribution in [1.29, 1.82) is 0 Å². The Balaban J connectivity index is 1.91. The number of aromatic nitrogens is 1. The number of hydrogen-bond acceptors (Lipinski definition) is 4. The molecule has 2 aromatic heterocycles. The maximum atomic E-state index is 12.8. The van der Waals surface area contributed by atoms with Crippen LogP contribution >= 0.6 is 22.9 Å². The van der Waals surface area contributed by atoms with E-state index in [1.807, 2.05) is 0 Å². The van der Waals surface area contributed by atoms with Crippen molar-refractivity contribution in [2.75, 3.05) is 12.4 Å². The van der Waals surface area contributed by atoms with Crippen LogP contribution in [0.25, 0.3) is 10.1 Å². The van der Waals surface area contributed by atoms with Crippen LogP contribution in [0.5, 0.6) is 5.88 Å². The first-order chi connectivity index (χ1) is 11.8. The minimum atomic E-state index is -4.46. The molecule has 0 aliphatic rings. The largest absolute Gasteiger partial charge is 0.481 e. The van der Waals surface area contributed by atoms with Gasteiger partial charge in [0.2, 0.25) is 5.88 Å². The molecule has 0 unspecified atom stereocenters. The molecule has 2 heterocycles. The number of thiophene rings is 1. The Morgan fingerprint density at radius 2 is 2.04 bits per heavy atom. The third-order valence-electron chi connectivity index (χ3n) is 3.37. The monoisotopic (exact) mass is 386 g/mol. The van der Waals surface area contributed by atoms with Gasteiger partial charge in [0.05, 0.1) is 29.6 Å². The average Bonchev–Trinajstić information content (AvgIpc) is 2.91. The average molecular weight is 387 g/mol. The van der Waals surface area contributed by atoms with Gasteiger partial charge in [0.25, 0.3) is 5.91 Å². The maximum Gasteiger partial charge on any atom is 0.416 e. The van der Waals surface area contributed by atoms with Gasteiger partial charge < -0.3 is 10.1 Å². The lowest BCUT2D eigenvalue weighted by Gasteiger charge is -2.05. The van der Waals surface area contributed by atoms with E-state index in [2.05, 4.69) is 10.3 Å². The molecule has 0 saturated carbocycles. The number of anilines is 1. The lowest BCUT2D eigenvalue weighted by atomic mass is 10.1. The number of pyridine rings is 1. The molecule has 0 atom stereocenters. The number of amides is 1. The maximum absolute atomic E-state index is 12.8. The lowest BCUT2D eigenvalue weighted by Crippen LogP contribution is -2.10. The van der Waals surface area contributed by atoms with Gasteiger partial charge in [-0.2, -0.15) is 13.2 Å². The first-order valence-electron chi connectivity index (χ1n) is 6.90. The number of nitrogens with zero attached hydrogens (tertiary/aromatic N) is 1. The summed E-state index contributed by atoms with van der Waals surface area (Å²) in [5.41, 5.74) is -0.375. The molecule has 25 heavy (non-hydrogen) atoms. The van der Waals surface area contributed by atoms with Crippen LogP contribution in [0.1, 0.15) is 15.2 Å². The number of nitrogens with one attached hydrogen (secondary N) is 1. The molecule has 9 heteroatoms. The molecule has 0 radical (unpaired) electrons. The third kappa shape index (κ3) is 3.54. The smallest absolute Gasteiger partial charge is 0.416 e. The Labute approximate surface area is 149 Å². The van der Waals surface area contributed by atoms with Crippen LogP contribution in [-0.4, -0.2) is 18.0 Å². The number of carbonyl (C=O) groups is 1. The number of carbonyl (C=O) groups excluding carboxylic acids is 1. The van der Waals surface area contributed by atoms with Crippen molar-refractivity contribution in [3.63, 3.8) is 0 Å². The number of alkyl halides is 3. The fourth-order valence-corrected chi connectivity index (χ4v) is 3.60. The summed E-state index contributed by atoms with van der Waals surface area (Å²) < 4.78 is 43.6. The Bertz CT molecular complexity index is 939. The first kappa shape index (κ1) is 17.5. The second-order valence-electron chi connectivity index (χ2n) is 5.00. The molecule has 0 aliphatic carbocycles. The van der Waals surface area contributed by atoms with Crippen molar-refractivity contribution in [2.45, 2.75) is 6.18 Å². The number of rotatable bonds is 3. The summed E-state index contributed by atoms with van der Waals surface area (Å²) in [6, 6.07) is 6.35. The molecule has 1 amide bonds. The van der Waals surface area contributed by atoms with E-state index in [1.54, 1.807) is 12.1 Å². The Morgan fingerprint density at radius 3 is 2.64 bits per heavy atom. The molecule has 0 fully saturated rings. The van der Waals surface area contributed by atoms with Gasteiger partial charge in [-0.15, -0.1) is 11.3 Å². The predicted octanol–water partition coefficient (Wildman–Crippen LogP) is 5.23. The fraction of sp³-hybridized carbons (Fsp3) is 0.125. The van der Waals surface area contributed by atoms with E-state index in [0.717, 1.165) is 23.5 Å². The zero-order valence-corrected chi connectivity index (χ0v) is 14.2. The van der Waals surface area contributed by atoms with Gasteiger partial charge in [0.1, 0.15) is 4.88 Å². The quantitative estimate of drug-likeness (QED) is 0.670. The summed E-state index contributed by atoms with van der Waals surface area (Å²) in [7, 11) is 1.47. The molecule has 4 nitrogen and oxygen atoms in total. The molecule has 0 spiro atoms. The summed E-state index contributed by atoms with van der Waals surface area (Å²) in [5, 5.41) is 3.12. The van der Waals surface area contributed by atoms with Crippen LogP contribution in [0, 0.1) is 0 Å². The summed E-state index contributed by atoms with van der Waals surface area (Å²) in [6.07, 6.45) is -3.05. The number of hydrogen-bond donors (Lipinski definition) is 1. The highest BCUT2D eigenvalue weighted by atomic mass is 35.5. The predicted molar refractivity (Wildman–Crippen MR) is 90.6 cm³/mol. The van der Waals surface area contributed by atoms with Crippen molar-refractivity contribution in [3.05, 3.63) is 52.0 Å². The van der Waals surface area contributed by atoms with Gasteiger partial charge in [-0.1, -0.05) is 17.7 Å². The highest BCUT2D eigenvalue weighted by Crippen LogP contribution is 2.39. The van der Waals surface area contributed by atoms with Crippen LogP contribution < -0.4 is 10.1 Å². The normalized spacial score (nSPS) is 11.6. The molecular formula is C16H10ClF3N2O2S. The van der Waals surface area contributed by atoms with E-state index < -0.39 is 17.6 Å². The highest BCUT2D eigenvalue weighted by Gasteiger charge is 2.31. The van der Waals surface area contributed by atoms with E-state index >= 15 is 0 Å². The van der Waals surface area contributed by atoms with Crippen LogP contribution in [-0.2, 0) is 6.18 Å². The number of benzene rings is 1. The minimum absolute atomic E-state index is 0.118. The summed E-state index contributed by atoms with van der Waals surface area (Å²) in [5.74, 6) is -0.135.